The van der Waals surface area contributed by atoms with Gasteiger partial charge in [0.15, 0.2) is 5.82 Å². The van der Waals surface area contributed by atoms with Crippen molar-refractivity contribution in [2.24, 2.45) is 0 Å². The Hall–Kier alpha value is -3.22. The smallest absolute Gasteiger partial charge is 0.296 e. The zero-order valence-electron chi connectivity index (χ0n) is 22.6. The number of alkyl halides is 2. The number of rotatable bonds is 10. The Balaban J connectivity index is 1.16. The number of Topliss-reactive ketones (excluding diaryl/α,β-unsaturated/α-hetero) is 1. The van der Waals surface area contributed by atoms with E-state index in [1.54, 1.807) is 30.3 Å². The number of aromatic nitrogens is 4. The first-order valence-corrected chi connectivity index (χ1v) is 14.2. The van der Waals surface area contributed by atoms with E-state index in [9.17, 15) is 13.6 Å². The van der Waals surface area contributed by atoms with Crippen molar-refractivity contribution in [1.29, 1.82) is 0 Å². The number of likely N-dealkylation sites (tertiary alicyclic amines) is 2. The lowest BCUT2D eigenvalue weighted by atomic mass is 10.1. The molecule has 3 aromatic rings. The number of imidazole rings is 1. The number of carbonyl (C=O) groups excluding carboxylic acids is 1. The fraction of sp³-hybridized carbons (Fsp3) is 0.571. The van der Waals surface area contributed by atoms with Crippen LogP contribution in [0.15, 0.2) is 30.3 Å². The third kappa shape index (κ3) is 6.08. The summed E-state index contributed by atoms with van der Waals surface area (Å²) in [4.78, 5) is 32.7. The fourth-order valence-electron chi connectivity index (χ4n) is 5.74. The molecule has 0 unspecified atom stereocenters. The lowest BCUT2D eigenvalue weighted by molar-refractivity contribution is -0.121. The summed E-state index contributed by atoms with van der Waals surface area (Å²) >= 11 is 0. The predicted octanol–water partition coefficient (Wildman–Crippen LogP) is 3.13. The molecule has 2 aromatic heterocycles. The number of para-hydroxylation sites is 2. The van der Waals surface area contributed by atoms with Crippen molar-refractivity contribution in [3.8, 4) is 5.82 Å². The first-order chi connectivity index (χ1) is 19.5. The maximum atomic E-state index is 14.1. The Labute approximate surface area is 232 Å². The summed E-state index contributed by atoms with van der Waals surface area (Å²) in [6, 6.07) is 8.87. The van der Waals surface area contributed by atoms with Crippen LogP contribution in [-0.4, -0.2) is 107 Å². The summed E-state index contributed by atoms with van der Waals surface area (Å²) in [6.07, 6.45) is 1.58. The molecular weight excluding hydrogens is 518 g/mol. The third-order valence-corrected chi connectivity index (χ3v) is 7.87. The van der Waals surface area contributed by atoms with Gasteiger partial charge in [-0.25, -0.2) is 13.8 Å². The van der Waals surface area contributed by atoms with E-state index in [1.165, 1.54) is 23.8 Å². The van der Waals surface area contributed by atoms with E-state index in [2.05, 4.69) is 20.1 Å². The largest absolute Gasteiger partial charge is 0.378 e. The number of benzene rings is 1. The van der Waals surface area contributed by atoms with Crippen molar-refractivity contribution in [3.05, 3.63) is 36.2 Å². The van der Waals surface area contributed by atoms with Crippen LogP contribution in [0.1, 0.15) is 37.9 Å². The Kier molecular flexibility index (Phi) is 8.17. The first kappa shape index (κ1) is 27.0. The molecule has 0 saturated carbocycles. The van der Waals surface area contributed by atoms with Crippen molar-refractivity contribution in [2.45, 2.75) is 38.2 Å². The number of piperidine rings is 1. The molecule has 1 aromatic carbocycles. The number of nitrogens with zero attached hydrogens (tertiary/aromatic N) is 7. The molecule has 0 atom stereocenters. The van der Waals surface area contributed by atoms with Crippen LogP contribution in [0.4, 0.5) is 20.5 Å². The second-order valence-electron chi connectivity index (χ2n) is 10.8. The van der Waals surface area contributed by atoms with Gasteiger partial charge >= 0.3 is 0 Å². The highest BCUT2D eigenvalue weighted by atomic mass is 19.3. The van der Waals surface area contributed by atoms with Gasteiger partial charge in [-0.1, -0.05) is 18.6 Å². The van der Waals surface area contributed by atoms with Crippen LogP contribution in [0.5, 0.6) is 0 Å². The predicted molar refractivity (Wildman–Crippen MR) is 148 cm³/mol. The Morgan fingerprint density at radius 2 is 1.77 bits per heavy atom. The molecule has 0 bridgehead atoms. The van der Waals surface area contributed by atoms with Gasteiger partial charge in [0.2, 0.25) is 5.95 Å². The number of halogens is 2. The van der Waals surface area contributed by atoms with Gasteiger partial charge in [-0.05, 0) is 38.1 Å². The molecule has 40 heavy (non-hydrogen) atoms. The van der Waals surface area contributed by atoms with Crippen LogP contribution < -0.4 is 10.2 Å². The zero-order chi connectivity index (χ0) is 27.5. The summed E-state index contributed by atoms with van der Waals surface area (Å²) in [7, 11) is 0. The number of hydrogen-bond acceptors (Lipinski definition) is 9. The van der Waals surface area contributed by atoms with Crippen molar-refractivity contribution in [2.75, 3.05) is 75.8 Å². The molecular formula is C28H36F2N8O2. The van der Waals surface area contributed by atoms with Gasteiger partial charge in [-0.2, -0.15) is 9.97 Å². The van der Waals surface area contributed by atoms with Gasteiger partial charge in [0.05, 0.1) is 36.8 Å². The molecule has 0 aliphatic carbocycles. The van der Waals surface area contributed by atoms with Crippen LogP contribution in [-0.2, 0) is 9.53 Å². The highest BCUT2D eigenvalue weighted by molar-refractivity contribution is 5.81. The molecule has 0 radical (unpaired) electrons. The summed E-state index contributed by atoms with van der Waals surface area (Å²) < 4.78 is 35.1. The van der Waals surface area contributed by atoms with E-state index in [-0.39, 0.29) is 17.6 Å². The molecule has 6 rings (SSSR count). The monoisotopic (exact) mass is 554 g/mol. The normalized spacial score (nSPS) is 19.3. The molecule has 5 heterocycles. The molecule has 10 nitrogen and oxygen atoms in total. The van der Waals surface area contributed by atoms with E-state index >= 15 is 0 Å². The lowest BCUT2D eigenvalue weighted by Crippen LogP contribution is -2.56. The van der Waals surface area contributed by atoms with Crippen LogP contribution in [0.3, 0.4) is 0 Å². The highest BCUT2D eigenvalue weighted by Gasteiger charge is 2.30. The van der Waals surface area contributed by atoms with Crippen LogP contribution in [0.25, 0.3) is 16.9 Å². The number of hydrogen-bond donors (Lipinski definition) is 1. The number of ether oxygens (including phenoxy) is 1. The van der Waals surface area contributed by atoms with Crippen molar-refractivity contribution in [1.82, 2.24) is 29.3 Å². The SMILES string of the molecule is O=C(CCN1CCCCC1)CN1CC(Nc2cc(-n3c(C(F)F)nc4ccccc43)nc(N3CCOCC3)n2)C1. The Morgan fingerprint density at radius 1 is 1.00 bits per heavy atom. The van der Waals surface area contributed by atoms with Gasteiger partial charge in [-0.15, -0.1) is 0 Å². The Bertz CT molecular complexity index is 1320. The Morgan fingerprint density at radius 3 is 2.55 bits per heavy atom. The standard InChI is InChI=1S/C28H36F2N8O2/c29-26(30)27-32-22-6-2-3-7-23(22)38(27)25-16-24(33-28(34-25)37-12-14-40-15-13-37)31-20-17-36(18-20)19-21(39)8-11-35-9-4-1-5-10-35/h2-3,6-7,16,20,26H,1,4-5,8-15,17-19H2,(H,31,33,34). The van der Waals surface area contributed by atoms with E-state index in [4.69, 9.17) is 14.7 Å². The van der Waals surface area contributed by atoms with Gasteiger partial charge in [0.25, 0.3) is 6.43 Å². The van der Waals surface area contributed by atoms with E-state index in [1.807, 2.05) is 4.90 Å². The van der Waals surface area contributed by atoms with Crippen molar-refractivity contribution < 1.29 is 18.3 Å². The third-order valence-electron chi connectivity index (χ3n) is 7.87. The van der Waals surface area contributed by atoms with E-state index in [0.717, 1.165) is 32.7 Å². The van der Waals surface area contributed by atoms with Crippen LogP contribution >= 0.6 is 0 Å². The minimum Gasteiger partial charge on any atom is -0.378 e. The second kappa shape index (κ2) is 12.1. The topological polar surface area (TPSA) is 91.7 Å². The molecule has 214 valence electrons. The minimum atomic E-state index is -2.77. The summed E-state index contributed by atoms with van der Waals surface area (Å²) in [5.41, 5.74) is 1.05. The maximum Gasteiger partial charge on any atom is 0.296 e. The molecule has 3 fully saturated rings. The maximum absolute atomic E-state index is 14.1. The van der Waals surface area contributed by atoms with Gasteiger partial charge < -0.3 is 19.9 Å². The van der Waals surface area contributed by atoms with Crippen LogP contribution in [0.2, 0.25) is 0 Å². The van der Waals surface area contributed by atoms with E-state index < -0.39 is 6.43 Å². The zero-order valence-corrected chi connectivity index (χ0v) is 22.6. The molecule has 1 N–H and O–H groups in total. The number of ketones is 1. The van der Waals surface area contributed by atoms with Gasteiger partial charge in [0.1, 0.15) is 17.4 Å². The highest BCUT2D eigenvalue weighted by Crippen LogP contribution is 2.29. The van der Waals surface area contributed by atoms with E-state index in [0.29, 0.717) is 67.9 Å². The van der Waals surface area contributed by atoms with Gasteiger partial charge in [-0.3, -0.25) is 14.3 Å². The molecule has 3 saturated heterocycles. The number of fused-ring (bicyclic) bond motifs is 1. The average Bonchev–Trinajstić information content (AvgIpc) is 3.36. The lowest BCUT2D eigenvalue weighted by Gasteiger charge is -2.39. The summed E-state index contributed by atoms with van der Waals surface area (Å²) in [5.74, 6) is 1.29. The molecule has 12 heteroatoms. The fourth-order valence-corrected chi connectivity index (χ4v) is 5.74. The van der Waals surface area contributed by atoms with Gasteiger partial charge in [0, 0.05) is 45.2 Å². The second-order valence-corrected chi connectivity index (χ2v) is 10.8. The number of carbonyl (C=O) groups is 1. The number of anilines is 2. The molecule has 0 amide bonds. The summed E-state index contributed by atoms with van der Waals surface area (Å²) in [5, 5.41) is 3.45. The van der Waals surface area contributed by atoms with Crippen molar-refractivity contribution >= 4 is 28.6 Å². The number of nitrogens with one attached hydrogen (secondary N) is 1. The first-order valence-electron chi connectivity index (χ1n) is 14.2. The molecule has 3 aliphatic heterocycles. The number of morpholine rings is 1. The quantitative estimate of drug-likeness (QED) is 0.406. The minimum absolute atomic E-state index is 0.101. The molecule has 3 aliphatic rings. The van der Waals surface area contributed by atoms with Crippen LogP contribution in [0, 0.1) is 0 Å². The molecule has 0 spiro atoms. The average molecular weight is 555 g/mol. The summed E-state index contributed by atoms with van der Waals surface area (Å²) in [6.45, 7) is 7.29. The van der Waals surface area contributed by atoms with Crippen molar-refractivity contribution in [3.63, 3.8) is 0 Å².